The van der Waals surface area contributed by atoms with Crippen LogP contribution < -0.4 is 10.2 Å². The third kappa shape index (κ3) is 8.16. The third-order valence-electron chi connectivity index (χ3n) is 6.81. The molecule has 11 heteroatoms. The lowest BCUT2D eigenvalue weighted by Crippen LogP contribution is -2.33. The first-order valence-electron chi connectivity index (χ1n) is 12.5. The van der Waals surface area contributed by atoms with Gasteiger partial charge in [0, 0.05) is 57.4 Å². The number of hydroxylamine groups is 1. The first-order chi connectivity index (χ1) is 17.3. The van der Waals surface area contributed by atoms with E-state index in [9.17, 15) is 18.0 Å². The van der Waals surface area contributed by atoms with Crippen LogP contribution in [0.2, 0.25) is 0 Å². The van der Waals surface area contributed by atoms with E-state index < -0.39 is 12.8 Å². The molecule has 8 nitrogen and oxygen atoms in total. The summed E-state index contributed by atoms with van der Waals surface area (Å²) in [6.07, 6.45) is 2.28. The second-order valence-electron chi connectivity index (χ2n) is 9.62. The summed E-state index contributed by atoms with van der Waals surface area (Å²) in [6.45, 7) is 1.81. The number of ether oxygens (including phenoxy) is 3. The van der Waals surface area contributed by atoms with E-state index in [4.69, 9.17) is 19.0 Å². The van der Waals surface area contributed by atoms with Gasteiger partial charge in [-0.1, -0.05) is 6.07 Å². The maximum Gasteiger partial charge on any atom is 0.422 e. The van der Waals surface area contributed by atoms with Crippen molar-refractivity contribution in [1.82, 2.24) is 15.4 Å². The van der Waals surface area contributed by atoms with Gasteiger partial charge in [-0.3, -0.25) is 4.79 Å². The molecule has 3 atom stereocenters. The van der Waals surface area contributed by atoms with Crippen LogP contribution in [0.4, 0.5) is 13.2 Å². The zero-order chi connectivity index (χ0) is 25.5. The van der Waals surface area contributed by atoms with Crippen LogP contribution in [-0.2, 0) is 31.9 Å². The maximum atomic E-state index is 12.4. The smallest absolute Gasteiger partial charge is 0.422 e. The molecule has 1 unspecified atom stereocenters. The Kier molecular flexibility index (Phi) is 9.21. The standard InChI is InChI=1S/C25H34F3N3O5/c1-33-24-14-21(36-30-24)13-19(32)12-17-2-4-20(34-15-17)7-10-31-9-6-18-3-5-23(29-22(18)8-11-31)35-16-25(26,27)28/h3,5,14,17,20,24,30H,2,4,6-13,15-16H2,1H3/t17-,20-,24?/m1/s1. The summed E-state index contributed by atoms with van der Waals surface area (Å²) >= 11 is 0. The van der Waals surface area contributed by atoms with Gasteiger partial charge in [0.05, 0.1) is 19.1 Å². The number of methoxy groups -OCH3 is 1. The molecule has 0 spiro atoms. The molecular formula is C25H34F3N3O5. The number of pyridine rings is 1. The molecule has 1 aromatic heterocycles. The molecule has 3 aliphatic heterocycles. The van der Waals surface area contributed by atoms with E-state index in [1.54, 1.807) is 13.2 Å². The van der Waals surface area contributed by atoms with Gasteiger partial charge >= 0.3 is 6.18 Å². The molecule has 4 rings (SSSR count). The SMILES string of the molecule is COC1C=C(CC(=O)C[C@H]2CC[C@H](CCN3CCc4ccc(OCC(F)(F)F)nc4CC3)OC2)ON1. The maximum absolute atomic E-state index is 12.4. The molecule has 0 radical (unpaired) electrons. The van der Waals surface area contributed by atoms with Gasteiger partial charge < -0.3 is 23.9 Å². The summed E-state index contributed by atoms with van der Waals surface area (Å²) in [5, 5.41) is 0. The van der Waals surface area contributed by atoms with Crippen molar-refractivity contribution < 1.29 is 37.0 Å². The Bertz CT molecular complexity index is 919. The number of allylic oxidation sites excluding steroid dienone is 1. The second-order valence-corrected chi connectivity index (χ2v) is 9.62. The minimum absolute atomic E-state index is 0.0199. The zero-order valence-electron chi connectivity index (χ0n) is 20.5. The van der Waals surface area contributed by atoms with Crippen LogP contribution in [0.3, 0.4) is 0 Å². The molecule has 36 heavy (non-hydrogen) atoms. The molecule has 1 saturated heterocycles. The highest BCUT2D eigenvalue weighted by atomic mass is 19.4. The summed E-state index contributed by atoms with van der Waals surface area (Å²) in [5.41, 5.74) is 4.56. The minimum Gasteiger partial charge on any atom is -0.468 e. The van der Waals surface area contributed by atoms with E-state index in [1.807, 2.05) is 6.07 Å². The number of nitrogens with zero attached hydrogens (tertiary/aromatic N) is 2. The zero-order valence-corrected chi connectivity index (χ0v) is 20.5. The van der Waals surface area contributed by atoms with Gasteiger partial charge in [0.2, 0.25) is 5.88 Å². The topological polar surface area (TPSA) is 82.2 Å². The van der Waals surface area contributed by atoms with Gasteiger partial charge in [0.15, 0.2) is 12.8 Å². The van der Waals surface area contributed by atoms with E-state index >= 15 is 0 Å². The first-order valence-corrected chi connectivity index (χ1v) is 12.5. The van der Waals surface area contributed by atoms with Gasteiger partial charge in [0.1, 0.15) is 11.5 Å². The summed E-state index contributed by atoms with van der Waals surface area (Å²) in [5.74, 6) is 0.985. The second kappa shape index (κ2) is 12.4. The summed E-state index contributed by atoms with van der Waals surface area (Å²) in [6, 6.07) is 3.34. The van der Waals surface area contributed by atoms with Crippen molar-refractivity contribution in [3.63, 3.8) is 0 Å². The van der Waals surface area contributed by atoms with Crippen LogP contribution in [0, 0.1) is 5.92 Å². The lowest BCUT2D eigenvalue weighted by Gasteiger charge is -2.30. The van der Waals surface area contributed by atoms with Gasteiger partial charge in [-0.2, -0.15) is 13.2 Å². The van der Waals surface area contributed by atoms with Crippen molar-refractivity contribution in [1.29, 1.82) is 0 Å². The number of rotatable bonds is 10. The highest BCUT2D eigenvalue weighted by molar-refractivity contribution is 5.80. The number of carbonyl (C=O) groups excluding carboxylic acids is 1. The van der Waals surface area contributed by atoms with Crippen LogP contribution in [-0.4, -0.2) is 74.1 Å². The van der Waals surface area contributed by atoms with E-state index in [1.165, 1.54) is 6.07 Å². The largest absolute Gasteiger partial charge is 0.468 e. The average Bonchev–Trinajstić information content (AvgIpc) is 3.20. The summed E-state index contributed by atoms with van der Waals surface area (Å²) < 4.78 is 53.2. The van der Waals surface area contributed by atoms with Gasteiger partial charge in [-0.05, 0) is 37.2 Å². The number of aromatic nitrogens is 1. The van der Waals surface area contributed by atoms with Crippen molar-refractivity contribution in [2.24, 2.45) is 5.92 Å². The normalized spacial score (nSPS) is 25.0. The highest BCUT2D eigenvalue weighted by Gasteiger charge is 2.29. The van der Waals surface area contributed by atoms with Crippen LogP contribution >= 0.6 is 0 Å². The Labute approximate surface area is 209 Å². The number of nitrogens with one attached hydrogen (secondary N) is 1. The number of hydrogen-bond acceptors (Lipinski definition) is 8. The Balaban J connectivity index is 1.14. The van der Waals surface area contributed by atoms with E-state index in [0.717, 1.165) is 56.6 Å². The Hall–Kier alpha value is -2.21. The molecule has 1 aromatic rings. The summed E-state index contributed by atoms with van der Waals surface area (Å²) in [7, 11) is 1.57. The molecular weight excluding hydrogens is 479 g/mol. The molecule has 0 saturated carbocycles. The molecule has 200 valence electrons. The lowest BCUT2D eigenvalue weighted by atomic mass is 9.91. The van der Waals surface area contributed by atoms with E-state index in [-0.39, 0.29) is 36.3 Å². The Morgan fingerprint density at radius 1 is 1.25 bits per heavy atom. The van der Waals surface area contributed by atoms with Crippen molar-refractivity contribution in [3.05, 3.63) is 35.2 Å². The third-order valence-corrected chi connectivity index (χ3v) is 6.81. The summed E-state index contributed by atoms with van der Waals surface area (Å²) in [4.78, 5) is 24.3. The fourth-order valence-corrected chi connectivity index (χ4v) is 4.81. The van der Waals surface area contributed by atoms with Crippen molar-refractivity contribution in [3.8, 4) is 5.88 Å². The highest BCUT2D eigenvalue weighted by Crippen LogP contribution is 2.26. The molecule has 0 bridgehead atoms. The van der Waals surface area contributed by atoms with E-state index in [2.05, 4.69) is 15.4 Å². The van der Waals surface area contributed by atoms with Gasteiger partial charge in [-0.15, -0.1) is 5.48 Å². The van der Waals surface area contributed by atoms with Crippen molar-refractivity contribution >= 4 is 5.78 Å². The molecule has 0 aromatic carbocycles. The molecule has 4 heterocycles. The van der Waals surface area contributed by atoms with Crippen molar-refractivity contribution in [2.45, 2.75) is 63.5 Å². The quantitative estimate of drug-likeness (QED) is 0.510. The monoisotopic (exact) mass is 513 g/mol. The number of hydrogen-bond donors (Lipinski definition) is 1. The fourth-order valence-electron chi connectivity index (χ4n) is 4.81. The number of fused-ring (bicyclic) bond motifs is 1. The lowest BCUT2D eigenvalue weighted by molar-refractivity contribution is -0.154. The number of Topliss-reactive ketones (excluding diaryl/α,β-unsaturated/α-hetero) is 1. The molecule has 0 aliphatic carbocycles. The molecule has 1 fully saturated rings. The predicted octanol–water partition coefficient (Wildman–Crippen LogP) is 3.35. The van der Waals surface area contributed by atoms with Crippen LogP contribution in [0.15, 0.2) is 24.0 Å². The average molecular weight is 514 g/mol. The molecule has 0 amide bonds. The fraction of sp³-hybridized carbons (Fsp3) is 0.680. The van der Waals surface area contributed by atoms with E-state index in [0.29, 0.717) is 25.2 Å². The van der Waals surface area contributed by atoms with Crippen LogP contribution in [0.1, 0.15) is 43.4 Å². The van der Waals surface area contributed by atoms with Gasteiger partial charge in [-0.25, -0.2) is 4.98 Å². The number of ketones is 1. The minimum atomic E-state index is -4.38. The van der Waals surface area contributed by atoms with Gasteiger partial charge in [0.25, 0.3) is 0 Å². The van der Waals surface area contributed by atoms with Crippen LogP contribution in [0.25, 0.3) is 0 Å². The van der Waals surface area contributed by atoms with Crippen molar-refractivity contribution in [2.75, 3.05) is 40.0 Å². The Morgan fingerprint density at radius 2 is 2.08 bits per heavy atom. The predicted molar refractivity (Wildman–Crippen MR) is 124 cm³/mol. The first kappa shape index (κ1) is 26.8. The number of halogens is 3. The number of carbonyl (C=O) groups is 1. The number of alkyl halides is 3. The molecule has 1 N–H and O–H groups in total. The molecule has 3 aliphatic rings. The Morgan fingerprint density at radius 3 is 2.81 bits per heavy atom. The van der Waals surface area contributed by atoms with Crippen LogP contribution in [0.5, 0.6) is 5.88 Å².